The molecule has 1 heterocycles. The van der Waals surface area contributed by atoms with Crippen molar-refractivity contribution in [1.29, 1.82) is 0 Å². The third-order valence-corrected chi connectivity index (χ3v) is 3.34. The highest BCUT2D eigenvalue weighted by Gasteiger charge is 2.10. The van der Waals surface area contributed by atoms with Crippen molar-refractivity contribution < 1.29 is 14.3 Å². The maximum atomic E-state index is 11.4. The summed E-state index contributed by atoms with van der Waals surface area (Å²) >= 11 is 0. The molecular weight excluding hydrogens is 242 g/mol. The minimum Gasteiger partial charge on any atom is -0.494 e. The average molecular weight is 263 g/mol. The Morgan fingerprint density at radius 1 is 1.32 bits per heavy atom. The standard InChI is InChI=1S/C15H21NO3/c1-18-15(17)13-6-4-7-14(12-13)19-11-5-10-16-8-2-3-9-16/h4,6-7,12H,2-3,5,8-11H2,1H3. The van der Waals surface area contributed by atoms with Crippen molar-refractivity contribution in [3.8, 4) is 5.75 Å². The Hall–Kier alpha value is -1.55. The molecule has 0 atom stereocenters. The van der Waals surface area contributed by atoms with Gasteiger partial charge >= 0.3 is 5.97 Å². The molecule has 19 heavy (non-hydrogen) atoms. The third kappa shape index (κ3) is 4.24. The van der Waals surface area contributed by atoms with Crippen LogP contribution >= 0.6 is 0 Å². The lowest BCUT2D eigenvalue weighted by Crippen LogP contribution is -2.21. The summed E-state index contributed by atoms with van der Waals surface area (Å²) < 4.78 is 10.3. The van der Waals surface area contributed by atoms with E-state index in [-0.39, 0.29) is 5.97 Å². The molecule has 4 nitrogen and oxygen atoms in total. The number of ether oxygens (including phenoxy) is 2. The van der Waals surface area contributed by atoms with Crippen molar-refractivity contribution in [2.24, 2.45) is 0 Å². The number of hydrogen-bond acceptors (Lipinski definition) is 4. The molecule has 1 aromatic carbocycles. The monoisotopic (exact) mass is 263 g/mol. The van der Waals surface area contributed by atoms with Crippen LogP contribution in [0.3, 0.4) is 0 Å². The van der Waals surface area contributed by atoms with Gasteiger partial charge in [0.25, 0.3) is 0 Å². The van der Waals surface area contributed by atoms with Gasteiger partial charge in [0, 0.05) is 6.54 Å². The number of carbonyl (C=O) groups is 1. The number of methoxy groups -OCH3 is 1. The molecule has 4 heteroatoms. The van der Waals surface area contributed by atoms with Gasteiger partial charge < -0.3 is 14.4 Å². The number of hydrogen-bond donors (Lipinski definition) is 0. The second kappa shape index (κ2) is 7.14. The van der Waals surface area contributed by atoms with E-state index in [1.807, 2.05) is 12.1 Å². The molecule has 0 spiro atoms. The molecular formula is C15H21NO3. The van der Waals surface area contributed by atoms with Crippen LogP contribution in [0, 0.1) is 0 Å². The van der Waals surface area contributed by atoms with Crippen LogP contribution in [0.4, 0.5) is 0 Å². The van der Waals surface area contributed by atoms with Crippen molar-refractivity contribution in [3.63, 3.8) is 0 Å². The first-order valence-electron chi connectivity index (χ1n) is 6.83. The molecule has 1 fully saturated rings. The number of esters is 1. The van der Waals surface area contributed by atoms with Crippen molar-refractivity contribution >= 4 is 5.97 Å². The lowest BCUT2D eigenvalue weighted by molar-refractivity contribution is 0.0600. The number of carbonyl (C=O) groups excluding carboxylic acids is 1. The molecule has 0 N–H and O–H groups in total. The summed E-state index contributed by atoms with van der Waals surface area (Å²) in [7, 11) is 1.38. The van der Waals surface area contributed by atoms with Crippen LogP contribution in [-0.2, 0) is 4.74 Å². The summed E-state index contributed by atoms with van der Waals surface area (Å²) in [6.45, 7) is 4.22. The predicted octanol–water partition coefficient (Wildman–Crippen LogP) is 2.34. The summed E-state index contributed by atoms with van der Waals surface area (Å²) in [5.74, 6) is 0.395. The summed E-state index contributed by atoms with van der Waals surface area (Å²) in [5.41, 5.74) is 0.527. The molecule has 1 aliphatic rings. The van der Waals surface area contributed by atoms with Crippen LogP contribution in [0.5, 0.6) is 5.75 Å². The largest absolute Gasteiger partial charge is 0.494 e. The second-order valence-corrected chi connectivity index (χ2v) is 4.77. The topological polar surface area (TPSA) is 38.8 Å². The van der Waals surface area contributed by atoms with Gasteiger partial charge in [-0.1, -0.05) is 6.07 Å². The molecule has 0 bridgehead atoms. The van der Waals surface area contributed by atoms with Gasteiger partial charge in [-0.2, -0.15) is 0 Å². The van der Waals surface area contributed by atoms with E-state index in [1.165, 1.54) is 33.0 Å². The van der Waals surface area contributed by atoms with E-state index in [0.717, 1.165) is 18.7 Å². The molecule has 1 aliphatic heterocycles. The summed E-state index contributed by atoms with van der Waals surface area (Å²) in [6, 6.07) is 7.12. The maximum absolute atomic E-state index is 11.4. The van der Waals surface area contributed by atoms with Gasteiger partial charge in [0.15, 0.2) is 0 Å². The molecule has 0 saturated carbocycles. The highest BCUT2D eigenvalue weighted by molar-refractivity contribution is 5.89. The Balaban J connectivity index is 1.74. The average Bonchev–Trinajstić information content (AvgIpc) is 2.96. The molecule has 1 saturated heterocycles. The Bertz CT molecular complexity index is 414. The van der Waals surface area contributed by atoms with Gasteiger partial charge in [0.2, 0.25) is 0 Å². The number of benzene rings is 1. The minimum atomic E-state index is -0.331. The number of rotatable bonds is 6. The van der Waals surface area contributed by atoms with Crippen LogP contribution in [-0.4, -0.2) is 44.2 Å². The van der Waals surface area contributed by atoms with E-state index >= 15 is 0 Å². The first kappa shape index (κ1) is 13.9. The molecule has 0 aromatic heterocycles. The Morgan fingerprint density at radius 2 is 2.11 bits per heavy atom. The predicted molar refractivity (Wildman–Crippen MR) is 73.6 cm³/mol. The molecule has 0 amide bonds. The fraction of sp³-hybridized carbons (Fsp3) is 0.533. The van der Waals surface area contributed by atoms with Gasteiger partial charge in [-0.05, 0) is 50.6 Å². The van der Waals surface area contributed by atoms with Crippen LogP contribution in [0.2, 0.25) is 0 Å². The smallest absolute Gasteiger partial charge is 0.337 e. The maximum Gasteiger partial charge on any atom is 0.337 e. The molecule has 104 valence electrons. The Morgan fingerprint density at radius 3 is 2.84 bits per heavy atom. The fourth-order valence-corrected chi connectivity index (χ4v) is 2.32. The van der Waals surface area contributed by atoms with Crippen molar-refractivity contribution in [1.82, 2.24) is 4.90 Å². The first-order chi connectivity index (χ1) is 9.29. The minimum absolute atomic E-state index is 0.331. The summed E-state index contributed by atoms with van der Waals surface area (Å²) in [4.78, 5) is 13.9. The van der Waals surface area contributed by atoms with Crippen LogP contribution in [0.15, 0.2) is 24.3 Å². The van der Waals surface area contributed by atoms with Crippen LogP contribution < -0.4 is 4.74 Å². The quantitative estimate of drug-likeness (QED) is 0.583. The summed E-state index contributed by atoms with van der Waals surface area (Å²) in [6.07, 6.45) is 3.66. The molecule has 1 aromatic rings. The Kier molecular flexibility index (Phi) is 5.21. The van der Waals surface area contributed by atoms with Crippen molar-refractivity contribution in [2.45, 2.75) is 19.3 Å². The first-order valence-corrected chi connectivity index (χ1v) is 6.83. The van der Waals surface area contributed by atoms with Gasteiger partial charge in [-0.25, -0.2) is 4.79 Å². The highest BCUT2D eigenvalue weighted by Crippen LogP contribution is 2.14. The molecule has 2 rings (SSSR count). The van der Waals surface area contributed by atoms with E-state index < -0.39 is 0 Å². The zero-order valence-electron chi connectivity index (χ0n) is 11.4. The van der Waals surface area contributed by atoms with Crippen molar-refractivity contribution in [3.05, 3.63) is 29.8 Å². The lowest BCUT2D eigenvalue weighted by atomic mass is 10.2. The van der Waals surface area contributed by atoms with E-state index in [0.29, 0.717) is 12.2 Å². The number of nitrogens with zero attached hydrogens (tertiary/aromatic N) is 1. The van der Waals surface area contributed by atoms with E-state index in [4.69, 9.17) is 4.74 Å². The highest BCUT2D eigenvalue weighted by atomic mass is 16.5. The zero-order valence-corrected chi connectivity index (χ0v) is 11.4. The zero-order chi connectivity index (χ0) is 13.5. The summed E-state index contributed by atoms with van der Waals surface area (Å²) in [5, 5.41) is 0. The molecule has 0 unspecified atom stereocenters. The lowest BCUT2D eigenvalue weighted by Gasteiger charge is -2.14. The van der Waals surface area contributed by atoms with Gasteiger partial charge in [0.05, 0.1) is 19.3 Å². The van der Waals surface area contributed by atoms with Crippen molar-refractivity contribution in [2.75, 3.05) is 33.4 Å². The second-order valence-electron chi connectivity index (χ2n) is 4.77. The third-order valence-electron chi connectivity index (χ3n) is 3.34. The van der Waals surface area contributed by atoms with Crippen LogP contribution in [0.1, 0.15) is 29.6 Å². The SMILES string of the molecule is COC(=O)c1cccc(OCCCN2CCCC2)c1. The normalized spacial score (nSPS) is 15.4. The van der Waals surface area contributed by atoms with Gasteiger partial charge in [-0.15, -0.1) is 0 Å². The molecule has 0 aliphatic carbocycles. The van der Waals surface area contributed by atoms with E-state index in [2.05, 4.69) is 9.64 Å². The van der Waals surface area contributed by atoms with Crippen LogP contribution in [0.25, 0.3) is 0 Å². The van der Waals surface area contributed by atoms with E-state index in [1.54, 1.807) is 12.1 Å². The van der Waals surface area contributed by atoms with E-state index in [9.17, 15) is 4.79 Å². The Labute approximate surface area is 114 Å². The van der Waals surface area contributed by atoms with Gasteiger partial charge in [-0.3, -0.25) is 0 Å². The molecule has 0 radical (unpaired) electrons. The fourth-order valence-electron chi connectivity index (χ4n) is 2.32. The number of likely N-dealkylation sites (tertiary alicyclic amines) is 1. The van der Waals surface area contributed by atoms with Gasteiger partial charge in [0.1, 0.15) is 5.75 Å².